The van der Waals surface area contributed by atoms with E-state index in [0.717, 1.165) is 5.56 Å². The molecule has 0 aromatic heterocycles. The van der Waals surface area contributed by atoms with Crippen LogP contribution in [0, 0.1) is 5.82 Å². The van der Waals surface area contributed by atoms with E-state index in [1.807, 2.05) is 0 Å². The number of hydrogen-bond donors (Lipinski definition) is 1. The normalized spacial score (nSPS) is 18.7. The van der Waals surface area contributed by atoms with Gasteiger partial charge in [0.05, 0.1) is 19.8 Å². The molecule has 1 amide bonds. The fourth-order valence-corrected chi connectivity index (χ4v) is 1.67. The Morgan fingerprint density at radius 1 is 1.53 bits per heavy atom. The van der Waals surface area contributed by atoms with Crippen LogP contribution in [0.5, 0.6) is 5.75 Å². The molecular weight excluding hydrogens is 249 g/mol. The molecule has 1 fully saturated rings. The van der Waals surface area contributed by atoms with Gasteiger partial charge in [-0.3, -0.25) is 0 Å². The molecule has 1 aliphatic heterocycles. The number of cyclic esters (lactones) is 1. The molecule has 2 rings (SSSR count). The number of carbonyl (C=O) groups excluding carboxylic acids is 1. The van der Waals surface area contributed by atoms with Crippen LogP contribution in [0.4, 0.5) is 9.18 Å². The van der Waals surface area contributed by atoms with Crippen LogP contribution in [0.15, 0.2) is 18.2 Å². The van der Waals surface area contributed by atoms with Crippen molar-refractivity contribution in [2.45, 2.75) is 12.5 Å². The third kappa shape index (κ3) is 3.00. The molecule has 0 spiro atoms. The number of carbonyl (C=O) groups is 1. The second kappa shape index (κ2) is 5.72. The van der Waals surface area contributed by atoms with Gasteiger partial charge in [0.1, 0.15) is 0 Å². The summed E-state index contributed by atoms with van der Waals surface area (Å²) >= 11 is 0. The maximum Gasteiger partial charge on any atom is 0.407 e. The van der Waals surface area contributed by atoms with Crippen molar-refractivity contribution < 1.29 is 18.7 Å². The van der Waals surface area contributed by atoms with E-state index in [9.17, 15) is 9.18 Å². The Bertz CT molecular complexity index is 414. The van der Waals surface area contributed by atoms with Crippen LogP contribution in [0.2, 0.25) is 0 Å². The minimum atomic E-state index is -0.465. The fourth-order valence-electron chi connectivity index (χ4n) is 1.67. The van der Waals surface area contributed by atoms with Crippen molar-refractivity contribution in [2.24, 2.45) is 0 Å². The Morgan fingerprint density at radius 2 is 2.29 bits per heavy atom. The van der Waals surface area contributed by atoms with E-state index in [4.69, 9.17) is 9.47 Å². The number of hydrogen-bond acceptors (Lipinski definition) is 3. The quantitative estimate of drug-likeness (QED) is 0.889. The molecule has 94 valence electrons. The largest absolute Gasteiger partial charge is 0.494 e. The summed E-state index contributed by atoms with van der Waals surface area (Å²) in [4.78, 5) is 11.0. The minimum Gasteiger partial charge on any atom is -0.494 e. The second-order valence-electron chi connectivity index (χ2n) is 3.52. The summed E-state index contributed by atoms with van der Waals surface area (Å²) in [5.74, 6) is -0.233. The van der Waals surface area contributed by atoms with Crippen LogP contribution in [0.3, 0.4) is 0 Å². The van der Waals surface area contributed by atoms with Crippen LogP contribution in [0.25, 0.3) is 0 Å². The average molecular weight is 262 g/mol. The third-order valence-corrected chi connectivity index (χ3v) is 2.51. The zero-order valence-electron chi connectivity index (χ0n) is 9.23. The lowest BCUT2D eigenvalue weighted by Crippen LogP contribution is -2.35. The van der Waals surface area contributed by atoms with E-state index in [1.165, 1.54) is 13.2 Å². The molecule has 4 nitrogen and oxygen atoms in total. The van der Waals surface area contributed by atoms with Gasteiger partial charge in [0, 0.05) is 6.42 Å². The average Bonchev–Trinajstić information content (AvgIpc) is 2.29. The lowest BCUT2D eigenvalue weighted by atomic mass is 10.0. The van der Waals surface area contributed by atoms with Gasteiger partial charge in [-0.1, -0.05) is 6.07 Å². The van der Waals surface area contributed by atoms with Gasteiger partial charge >= 0.3 is 6.09 Å². The summed E-state index contributed by atoms with van der Waals surface area (Å²) in [7, 11) is 1.41. The van der Waals surface area contributed by atoms with Gasteiger partial charge in [-0.05, 0) is 17.7 Å². The van der Waals surface area contributed by atoms with E-state index in [2.05, 4.69) is 5.32 Å². The predicted octanol–water partition coefficient (Wildman–Crippen LogP) is 2.43. The molecule has 0 saturated carbocycles. The molecule has 1 saturated heterocycles. The molecule has 1 aromatic carbocycles. The second-order valence-corrected chi connectivity index (χ2v) is 3.52. The highest BCUT2D eigenvalue weighted by Gasteiger charge is 2.21. The number of alkyl carbamates (subject to hydrolysis) is 1. The number of rotatable bonds is 2. The van der Waals surface area contributed by atoms with Gasteiger partial charge in [-0.15, -0.1) is 12.4 Å². The molecule has 17 heavy (non-hydrogen) atoms. The number of amides is 1. The minimum absolute atomic E-state index is 0. The molecule has 0 bridgehead atoms. The molecule has 1 atom stereocenters. The monoisotopic (exact) mass is 261 g/mol. The van der Waals surface area contributed by atoms with Crippen molar-refractivity contribution in [1.82, 2.24) is 5.32 Å². The maximum absolute atomic E-state index is 13.4. The summed E-state index contributed by atoms with van der Waals surface area (Å²) in [6.45, 7) is 0.351. The molecule has 1 aliphatic rings. The summed E-state index contributed by atoms with van der Waals surface area (Å²) in [5.41, 5.74) is 0.718. The molecule has 1 N–H and O–H groups in total. The van der Waals surface area contributed by atoms with Crippen LogP contribution in [-0.4, -0.2) is 19.8 Å². The highest BCUT2D eigenvalue weighted by molar-refractivity contribution is 5.85. The lowest BCUT2D eigenvalue weighted by molar-refractivity contribution is 0.115. The Hall–Kier alpha value is -1.49. The summed E-state index contributed by atoms with van der Waals surface area (Å²) in [5, 5.41) is 2.63. The zero-order valence-corrected chi connectivity index (χ0v) is 10.1. The van der Waals surface area contributed by atoms with Gasteiger partial charge in [0.2, 0.25) is 0 Å². The Kier molecular flexibility index (Phi) is 4.57. The smallest absolute Gasteiger partial charge is 0.407 e. The van der Waals surface area contributed by atoms with E-state index < -0.39 is 11.9 Å². The SMILES string of the molecule is COc1ccc([C@H]2CCOC(=O)N2)cc1F.Cl. The summed E-state index contributed by atoms with van der Waals surface area (Å²) in [6, 6.07) is 4.46. The number of methoxy groups -OCH3 is 1. The van der Waals surface area contributed by atoms with E-state index in [1.54, 1.807) is 12.1 Å². The van der Waals surface area contributed by atoms with Gasteiger partial charge < -0.3 is 14.8 Å². The van der Waals surface area contributed by atoms with Gasteiger partial charge in [-0.2, -0.15) is 0 Å². The zero-order chi connectivity index (χ0) is 11.5. The number of benzene rings is 1. The Morgan fingerprint density at radius 3 is 2.88 bits per heavy atom. The fraction of sp³-hybridized carbons (Fsp3) is 0.364. The van der Waals surface area contributed by atoms with Crippen LogP contribution in [-0.2, 0) is 4.74 Å². The number of halogens is 2. The molecule has 0 radical (unpaired) electrons. The highest BCUT2D eigenvalue weighted by atomic mass is 35.5. The number of ether oxygens (including phenoxy) is 2. The highest BCUT2D eigenvalue weighted by Crippen LogP contribution is 2.25. The molecule has 1 aromatic rings. The van der Waals surface area contributed by atoms with Crippen molar-refractivity contribution in [3.63, 3.8) is 0 Å². The van der Waals surface area contributed by atoms with Gasteiger partial charge in [0.25, 0.3) is 0 Å². The lowest BCUT2D eigenvalue weighted by Gasteiger charge is -2.23. The van der Waals surface area contributed by atoms with Crippen molar-refractivity contribution in [2.75, 3.05) is 13.7 Å². The molecule has 0 aliphatic carbocycles. The van der Waals surface area contributed by atoms with E-state index in [-0.39, 0.29) is 24.2 Å². The maximum atomic E-state index is 13.4. The van der Waals surface area contributed by atoms with Crippen molar-refractivity contribution in [3.05, 3.63) is 29.6 Å². The predicted molar refractivity (Wildman–Crippen MR) is 62.0 cm³/mol. The van der Waals surface area contributed by atoms with Crippen molar-refractivity contribution in [1.29, 1.82) is 0 Å². The van der Waals surface area contributed by atoms with Crippen molar-refractivity contribution in [3.8, 4) is 5.75 Å². The summed E-state index contributed by atoms with van der Waals surface area (Å²) in [6.07, 6.45) is 0.171. The van der Waals surface area contributed by atoms with E-state index >= 15 is 0 Å². The topological polar surface area (TPSA) is 47.6 Å². The van der Waals surface area contributed by atoms with Gasteiger partial charge in [-0.25, -0.2) is 9.18 Å². The van der Waals surface area contributed by atoms with Crippen LogP contribution < -0.4 is 10.1 Å². The molecular formula is C11H13ClFNO3. The van der Waals surface area contributed by atoms with Crippen LogP contribution in [0.1, 0.15) is 18.0 Å². The Balaban J connectivity index is 0.00000144. The molecule has 6 heteroatoms. The molecule has 0 unspecified atom stereocenters. The van der Waals surface area contributed by atoms with Gasteiger partial charge in [0.15, 0.2) is 11.6 Å². The molecule has 1 heterocycles. The summed E-state index contributed by atoms with van der Waals surface area (Å²) < 4.78 is 23.0. The number of nitrogens with one attached hydrogen (secondary N) is 1. The standard InChI is InChI=1S/C11H12FNO3.ClH/c1-15-10-3-2-7(6-8(10)12)9-4-5-16-11(14)13-9;/h2-3,6,9H,4-5H2,1H3,(H,13,14);1H/t9-;/m1./s1. The van der Waals surface area contributed by atoms with Crippen LogP contribution >= 0.6 is 12.4 Å². The first-order valence-electron chi connectivity index (χ1n) is 4.97. The first-order valence-corrected chi connectivity index (χ1v) is 4.97. The third-order valence-electron chi connectivity index (χ3n) is 2.51. The first kappa shape index (κ1) is 13.6. The first-order chi connectivity index (χ1) is 7.70. The van der Waals surface area contributed by atoms with E-state index in [0.29, 0.717) is 13.0 Å². The Labute approximate surface area is 105 Å². The van der Waals surface area contributed by atoms with Crippen molar-refractivity contribution >= 4 is 18.5 Å².